The minimum Gasteiger partial charge on any atom is -0.309 e. The molecule has 2 saturated carbocycles. The fourth-order valence-corrected chi connectivity index (χ4v) is 7.31. The second-order valence-electron chi connectivity index (χ2n) is 8.44. The molecule has 6 nitrogen and oxygen atoms in total. The predicted octanol–water partition coefficient (Wildman–Crippen LogP) is 5.43. The molecule has 31 heavy (non-hydrogen) atoms. The van der Waals surface area contributed by atoms with E-state index in [1.165, 1.54) is 47.9 Å². The Morgan fingerprint density at radius 2 is 1.94 bits per heavy atom. The van der Waals surface area contributed by atoms with Crippen molar-refractivity contribution in [3.63, 3.8) is 0 Å². The highest BCUT2D eigenvalue weighted by molar-refractivity contribution is 7.98. The summed E-state index contributed by atoms with van der Waals surface area (Å²) in [6.07, 6.45) is 7.95. The number of aromatic nitrogens is 4. The van der Waals surface area contributed by atoms with Crippen LogP contribution in [0.1, 0.15) is 68.3 Å². The maximum Gasteiger partial charge on any atom is 0.268 e. The predicted molar refractivity (Wildman–Crippen MR) is 128 cm³/mol. The van der Waals surface area contributed by atoms with Gasteiger partial charge in [0.05, 0.1) is 16.7 Å². The molecule has 4 aromatic rings. The second kappa shape index (κ2) is 7.86. The number of nitrogens with one attached hydrogen (secondary N) is 1. The number of nitrogens with zero attached hydrogens (tertiary/aromatic N) is 3. The van der Waals surface area contributed by atoms with Crippen LogP contribution in [0.2, 0.25) is 0 Å². The Morgan fingerprint density at radius 3 is 2.74 bits per heavy atom. The molecule has 9 heteroatoms. The smallest absolute Gasteiger partial charge is 0.268 e. The lowest BCUT2D eigenvalue weighted by atomic mass is 9.95. The number of thioether (sulfide) groups is 1. The summed E-state index contributed by atoms with van der Waals surface area (Å²) in [6, 6.07) is 2.08. The average Bonchev–Trinajstić information content (AvgIpc) is 3.34. The number of rotatable bonds is 5. The zero-order chi connectivity index (χ0) is 20.9. The van der Waals surface area contributed by atoms with E-state index in [-0.39, 0.29) is 17.2 Å². The van der Waals surface area contributed by atoms with E-state index < -0.39 is 0 Å². The molecule has 0 aliphatic heterocycles. The molecular formula is C22H22N4O2S3. The maximum atomic E-state index is 13.7. The van der Waals surface area contributed by atoms with Gasteiger partial charge < -0.3 is 4.98 Å². The van der Waals surface area contributed by atoms with E-state index in [9.17, 15) is 9.59 Å². The second-order valence-corrected chi connectivity index (χ2v) is 11.2. The Morgan fingerprint density at radius 1 is 1.10 bits per heavy atom. The Balaban J connectivity index is 1.41. The Labute approximate surface area is 190 Å². The molecule has 0 unspecified atom stereocenters. The molecule has 0 radical (unpaired) electrons. The summed E-state index contributed by atoms with van der Waals surface area (Å²) in [5, 5.41) is 5.61. The molecule has 2 aliphatic rings. The van der Waals surface area contributed by atoms with Gasteiger partial charge in [-0.15, -0.1) is 22.7 Å². The number of hydrogen-bond donors (Lipinski definition) is 1. The normalized spacial score (nSPS) is 17.7. The van der Waals surface area contributed by atoms with Crippen molar-refractivity contribution in [1.29, 1.82) is 0 Å². The lowest BCUT2D eigenvalue weighted by molar-refractivity contribution is 0.326. The van der Waals surface area contributed by atoms with Crippen molar-refractivity contribution in [2.75, 3.05) is 0 Å². The summed E-state index contributed by atoms with van der Waals surface area (Å²) >= 11 is 4.49. The number of hydrogen-bond acceptors (Lipinski definition) is 7. The van der Waals surface area contributed by atoms with Gasteiger partial charge >= 0.3 is 0 Å². The highest BCUT2D eigenvalue weighted by Crippen LogP contribution is 2.44. The molecule has 2 aliphatic carbocycles. The summed E-state index contributed by atoms with van der Waals surface area (Å²) in [6.45, 7) is 0. The summed E-state index contributed by atoms with van der Waals surface area (Å²) < 4.78 is 2.62. The van der Waals surface area contributed by atoms with Crippen LogP contribution in [0.4, 0.5) is 0 Å². The molecule has 0 spiro atoms. The van der Waals surface area contributed by atoms with Crippen molar-refractivity contribution >= 4 is 54.9 Å². The standard InChI is InChI=1S/C22H22N4O2S3/c27-19-18-15(8-9-29-18)23-16(24-19)11-31-22-25-20-17(14(10-30-20)12-6-7-12)21(28)26(22)13-4-2-1-3-5-13/h8-10,12-13H,1-7,11H2,(H,23,24,27). The zero-order valence-electron chi connectivity index (χ0n) is 16.9. The van der Waals surface area contributed by atoms with Gasteiger partial charge in [0.15, 0.2) is 5.16 Å². The quantitative estimate of drug-likeness (QED) is 0.311. The van der Waals surface area contributed by atoms with Crippen molar-refractivity contribution in [1.82, 2.24) is 19.5 Å². The summed E-state index contributed by atoms with van der Waals surface area (Å²) in [4.78, 5) is 39.3. The van der Waals surface area contributed by atoms with Crippen molar-refractivity contribution in [2.24, 2.45) is 0 Å². The molecule has 2 fully saturated rings. The van der Waals surface area contributed by atoms with Gasteiger partial charge in [0.2, 0.25) is 0 Å². The molecule has 0 bridgehead atoms. The largest absolute Gasteiger partial charge is 0.309 e. The first-order valence-electron chi connectivity index (χ1n) is 10.8. The molecule has 0 saturated heterocycles. The molecule has 160 valence electrons. The molecule has 0 atom stereocenters. The highest BCUT2D eigenvalue weighted by atomic mass is 32.2. The topological polar surface area (TPSA) is 80.6 Å². The first-order valence-corrected chi connectivity index (χ1v) is 13.6. The van der Waals surface area contributed by atoms with Gasteiger partial charge in [-0.1, -0.05) is 31.0 Å². The highest BCUT2D eigenvalue weighted by Gasteiger charge is 2.30. The molecule has 6 rings (SSSR count). The van der Waals surface area contributed by atoms with Gasteiger partial charge in [0.1, 0.15) is 15.4 Å². The van der Waals surface area contributed by atoms with Gasteiger partial charge in [-0.2, -0.15) is 0 Å². The van der Waals surface area contributed by atoms with Crippen LogP contribution < -0.4 is 11.1 Å². The van der Waals surface area contributed by atoms with E-state index in [1.54, 1.807) is 11.3 Å². The third-order valence-corrected chi connectivity index (χ3v) is 9.05. The van der Waals surface area contributed by atoms with Crippen molar-refractivity contribution in [3.05, 3.63) is 48.9 Å². The van der Waals surface area contributed by atoms with Crippen molar-refractivity contribution < 1.29 is 0 Å². The van der Waals surface area contributed by atoms with Gasteiger partial charge in [-0.3, -0.25) is 14.2 Å². The van der Waals surface area contributed by atoms with Crippen LogP contribution in [-0.2, 0) is 5.75 Å². The lowest BCUT2D eigenvalue weighted by Gasteiger charge is -2.26. The molecule has 0 aromatic carbocycles. The summed E-state index contributed by atoms with van der Waals surface area (Å²) in [5.74, 6) is 1.63. The Kier molecular flexibility index (Phi) is 5.00. The van der Waals surface area contributed by atoms with E-state index in [4.69, 9.17) is 4.98 Å². The maximum absolute atomic E-state index is 13.7. The fraction of sp³-hybridized carbons (Fsp3) is 0.455. The van der Waals surface area contributed by atoms with Crippen LogP contribution in [0.15, 0.2) is 31.6 Å². The lowest BCUT2D eigenvalue weighted by Crippen LogP contribution is -2.29. The van der Waals surface area contributed by atoms with E-state index in [2.05, 4.69) is 15.3 Å². The van der Waals surface area contributed by atoms with E-state index in [0.29, 0.717) is 22.2 Å². The van der Waals surface area contributed by atoms with Crippen molar-refractivity contribution in [3.8, 4) is 0 Å². The minimum atomic E-state index is -0.101. The first kappa shape index (κ1) is 19.7. The van der Waals surface area contributed by atoms with Gasteiger partial charge in [-0.25, -0.2) is 9.97 Å². The third kappa shape index (κ3) is 3.56. The van der Waals surface area contributed by atoms with Crippen LogP contribution >= 0.6 is 34.4 Å². The van der Waals surface area contributed by atoms with Gasteiger partial charge in [0.25, 0.3) is 11.1 Å². The average molecular weight is 471 g/mol. The number of thiophene rings is 2. The van der Waals surface area contributed by atoms with Crippen LogP contribution in [0.25, 0.3) is 20.4 Å². The van der Waals surface area contributed by atoms with Crippen molar-refractivity contribution in [2.45, 2.75) is 67.8 Å². The van der Waals surface area contributed by atoms with E-state index in [1.807, 2.05) is 16.0 Å². The first-order chi connectivity index (χ1) is 15.2. The van der Waals surface area contributed by atoms with Gasteiger partial charge in [-0.05, 0) is 54.0 Å². The van der Waals surface area contributed by atoms with E-state index in [0.717, 1.165) is 46.6 Å². The molecular weight excluding hydrogens is 448 g/mol. The van der Waals surface area contributed by atoms with Crippen LogP contribution in [0.3, 0.4) is 0 Å². The van der Waals surface area contributed by atoms with Gasteiger partial charge in [0, 0.05) is 6.04 Å². The molecule has 4 heterocycles. The fourth-order valence-electron chi connectivity index (χ4n) is 4.59. The molecule has 1 N–H and O–H groups in total. The number of H-pyrrole nitrogens is 1. The Bertz CT molecular complexity index is 1390. The van der Waals surface area contributed by atoms with Crippen LogP contribution in [0.5, 0.6) is 0 Å². The van der Waals surface area contributed by atoms with Crippen LogP contribution in [0, 0.1) is 0 Å². The summed E-state index contributed by atoms with van der Waals surface area (Å²) in [5.41, 5.74) is 1.95. The molecule has 4 aromatic heterocycles. The summed E-state index contributed by atoms with van der Waals surface area (Å²) in [7, 11) is 0. The minimum absolute atomic E-state index is 0.101. The molecule has 0 amide bonds. The third-order valence-electron chi connectivity index (χ3n) is 6.29. The Hall–Kier alpha value is -1.97. The van der Waals surface area contributed by atoms with Crippen LogP contribution in [-0.4, -0.2) is 19.5 Å². The van der Waals surface area contributed by atoms with E-state index >= 15 is 0 Å². The monoisotopic (exact) mass is 470 g/mol. The number of aromatic amines is 1. The SMILES string of the molecule is O=c1[nH]c(CSc2nc3scc(C4CC4)c3c(=O)n2C2CCCCC2)nc2ccsc12. The zero-order valence-corrected chi connectivity index (χ0v) is 19.4. The number of fused-ring (bicyclic) bond motifs is 2.